The molecule has 0 aromatic carbocycles. The Morgan fingerprint density at radius 3 is 0.694 bits per heavy atom. The fraction of sp³-hybridized carbons (Fsp3) is 0.864. The Morgan fingerprint density at radius 1 is 0.264 bits per heavy atom. The Labute approximate surface area is 448 Å². The Kier molecular flexibility index (Phi) is 59.2. The Hall–Kier alpha value is -2.37. The number of rotatable bonds is 59. The van der Waals surface area contributed by atoms with E-state index in [0.717, 1.165) is 70.6 Å². The van der Waals surface area contributed by atoms with Crippen molar-refractivity contribution in [2.45, 2.75) is 354 Å². The van der Waals surface area contributed by atoms with Crippen molar-refractivity contribution in [2.24, 2.45) is 0 Å². The van der Waals surface area contributed by atoms with E-state index in [4.69, 9.17) is 14.2 Å². The number of hydrogen-bond acceptors (Lipinski definition) is 6. The zero-order valence-electron chi connectivity index (χ0n) is 48.5. The van der Waals surface area contributed by atoms with Gasteiger partial charge in [0.05, 0.1) is 0 Å². The van der Waals surface area contributed by atoms with Gasteiger partial charge in [-0.15, -0.1) is 0 Å². The minimum absolute atomic E-state index is 0.0751. The first-order chi connectivity index (χ1) is 35.5. The molecule has 1 atom stereocenters. The van der Waals surface area contributed by atoms with Gasteiger partial charge in [-0.05, 0) is 96.3 Å². The largest absolute Gasteiger partial charge is 0.462 e. The van der Waals surface area contributed by atoms with Gasteiger partial charge in [-0.25, -0.2) is 0 Å². The van der Waals surface area contributed by atoms with Crippen molar-refractivity contribution in [3.63, 3.8) is 0 Å². The topological polar surface area (TPSA) is 78.9 Å². The van der Waals surface area contributed by atoms with E-state index in [1.165, 1.54) is 238 Å². The molecule has 0 aliphatic carbocycles. The average molecular weight is 1010 g/mol. The first kappa shape index (κ1) is 69.6. The number of unbranched alkanes of at least 4 members (excludes halogenated alkanes) is 42. The summed E-state index contributed by atoms with van der Waals surface area (Å²) in [6, 6.07) is 0. The molecule has 0 aromatic rings. The second-order valence-corrected chi connectivity index (χ2v) is 21.7. The predicted molar refractivity (Wildman–Crippen MR) is 312 cm³/mol. The van der Waals surface area contributed by atoms with Crippen molar-refractivity contribution in [1.29, 1.82) is 0 Å². The van der Waals surface area contributed by atoms with Crippen LogP contribution in [0.2, 0.25) is 0 Å². The summed E-state index contributed by atoms with van der Waals surface area (Å²) in [5.41, 5.74) is 0. The summed E-state index contributed by atoms with van der Waals surface area (Å²) in [5.74, 6) is -0.873. The Morgan fingerprint density at radius 2 is 0.458 bits per heavy atom. The lowest BCUT2D eigenvalue weighted by molar-refractivity contribution is -0.167. The van der Waals surface area contributed by atoms with Crippen LogP contribution in [0.5, 0.6) is 0 Å². The van der Waals surface area contributed by atoms with Gasteiger partial charge in [0.25, 0.3) is 0 Å². The van der Waals surface area contributed by atoms with Gasteiger partial charge in [0.15, 0.2) is 6.10 Å². The monoisotopic (exact) mass is 1010 g/mol. The lowest BCUT2D eigenvalue weighted by Crippen LogP contribution is -2.30. The molecule has 0 amide bonds. The molecule has 0 aromatic heterocycles. The number of esters is 3. The molecule has 0 fully saturated rings. The van der Waals surface area contributed by atoms with E-state index in [-0.39, 0.29) is 31.1 Å². The molecule has 0 aliphatic heterocycles. The SMILES string of the molecule is CCCCCCC/C=C\CCCCCCCC(=O)OCC(COC(=O)CCCCCCCCCCCCCCC/C=C\CCCCCCCCCC)OC(=O)CCCCCCC/C=C\CCCCCCCC. The highest BCUT2D eigenvalue weighted by Gasteiger charge is 2.19. The minimum Gasteiger partial charge on any atom is -0.462 e. The predicted octanol–water partition coefficient (Wildman–Crippen LogP) is 21.6. The third kappa shape index (κ3) is 58.5. The van der Waals surface area contributed by atoms with Crippen LogP contribution in [0, 0.1) is 0 Å². The number of allylic oxidation sites excluding steroid dienone is 6. The summed E-state index contributed by atoms with van der Waals surface area (Å²) in [6.45, 7) is 6.66. The van der Waals surface area contributed by atoms with Crippen molar-refractivity contribution >= 4 is 17.9 Å². The zero-order valence-corrected chi connectivity index (χ0v) is 48.5. The van der Waals surface area contributed by atoms with Gasteiger partial charge < -0.3 is 14.2 Å². The molecule has 0 aliphatic rings. The summed E-state index contributed by atoms with van der Waals surface area (Å²) in [7, 11) is 0. The van der Waals surface area contributed by atoms with Gasteiger partial charge >= 0.3 is 17.9 Å². The molecule has 0 bridgehead atoms. The standard InChI is InChI=1S/C66H122O6/c1-4-7-10-13-16-19-22-25-28-29-30-31-32-33-34-35-36-37-39-41-44-47-50-53-56-59-65(68)71-62-63(61-70-64(67)58-55-52-49-46-43-40-27-24-21-18-15-12-9-6-3)72-66(69)60-57-54-51-48-45-42-38-26-23-20-17-14-11-8-5-2/h24,26-27,29-30,38,63H,4-23,25,28,31-37,39-62H2,1-3H3/b27-24-,30-29-,38-26-. The lowest BCUT2D eigenvalue weighted by Gasteiger charge is -2.18. The molecule has 0 N–H and O–H groups in total. The molecule has 0 saturated carbocycles. The molecule has 0 saturated heterocycles. The van der Waals surface area contributed by atoms with Crippen molar-refractivity contribution in [2.75, 3.05) is 13.2 Å². The third-order valence-corrected chi connectivity index (χ3v) is 14.3. The normalized spacial score (nSPS) is 12.2. The van der Waals surface area contributed by atoms with E-state index >= 15 is 0 Å². The fourth-order valence-electron chi connectivity index (χ4n) is 9.49. The van der Waals surface area contributed by atoms with Crippen LogP contribution in [-0.4, -0.2) is 37.2 Å². The summed E-state index contributed by atoms with van der Waals surface area (Å²) >= 11 is 0. The molecular formula is C66H122O6. The van der Waals surface area contributed by atoms with Crippen LogP contribution >= 0.6 is 0 Å². The second kappa shape index (κ2) is 61.2. The van der Waals surface area contributed by atoms with E-state index in [0.29, 0.717) is 19.3 Å². The molecule has 422 valence electrons. The molecule has 6 nitrogen and oxygen atoms in total. The highest BCUT2D eigenvalue weighted by Crippen LogP contribution is 2.17. The van der Waals surface area contributed by atoms with E-state index in [9.17, 15) is 14.4 Å². The van der Waals surface area contributed by atoms with Crippen LogP contribution in [0.15, 0.2) is 36.5 Å². The van der Waals surface area contributed by atoms with Crippen LogP contribution < -0.4 is 0 Å². The van der Waals surface area contributed by atoms with Crippen LogP contribution in [0.4, 0.5) is 0 Å². The van der Waals surface area contributed by atoms with E-state index in [2.05, 4.69) is 57.2 Å². The smallest absolute Gasteiger partial charge is 0.306 e. The maximum atomic E-state index is 12.9. The van der Waals surface area contributed by atoms with E-state index in [1.807, 2.05) is 0 Å². The molecule has 0 spiro atoms. The molecule has 1 unspecified atom stereocenters. The summed E-state index contributed by atoms with van der Waals surface area (Å²) in [4.78, 5) is 38.2. The lowest BCUT2D eigenvalue weighted by atomic mass is 10.0. The van der Waals surface area contributed by atoms with E-state index in [1.54, 1.807) is 0 Å². The third-order valence-electron chi connectivity index (χ3n) is 14.3. The first-order valence-electron chi connectivity index (χ1n) is 32.0. The molecule has 72 heavy (non-hydrogen) atoms. The van der Waals surface area contributed by atoms with Gasteiger partial charge in [0, 0.05) is 19.3 Å². The van der Waals surface area contributed by atoms with Crippen molar-refractivity contribution < 1.29 is 28.6 Å². The maximum Gasteiger partial charge on any atom is 0.306 e. The number of hydrogen-bond donors (Lipinski definition) is 0. The molecule has 0 heterocycles. The van der Waals surface area contributed by atoms with Gasteiger partial charge in [0.2, 0.25) is 0 Å². The molecule has 0 rings (SSSR count). The summed E-state index contributed by atoms with van der Waals surface area (Å²) in [6.07, 6.45) is 74.4. The Bertz CT molecular complexity index is 1210. The van der Waals surface area contributed by atoms with Crippen molar-refractivity contribution in [3.8, 4) is 0 Å². The summed E-state index contributed by atoms with van der Waals surface area (Å²) < 4.78 is 16.9. The first-order valence-corrected chi connectivity index (χ1v) is 32.0. The fourth-order valence-corrected chi connectivity index (χ4v) is 9.49. The highest BCUT2D eigenvalue weighted by molar-refractivity contribution is 5.71. The molecular weight excluding hydrogens is 889 g/mol. The van der Waals surface area contributed by atoms with Crippen LogP contribution in [-0.2, 0) is 28.6 Å². The number of ether oxygens (including phenoxy) is 3. The van der Waals surface area contributed by atoms with Crippen LogP contribution in [0.1, 0.15) is 348 Å². The van der Waals surface area contributed by atoms with Crippen LogP contribution in [0.25, 0.3) is 0 Å². The van der Waals surface area contributed by atoms with Crippen molar-refractivity contribution in [1.82, 2.24) is 0 Å². The quantitative estimate of drug-likeness (QED) is 0.0261. The molecule has 6 heteroatoms. The van der Waals surface area contributed by atoms with Gasteiger partial charge in [-0.2, -0.15) is 0 Å². The van der Waals surface area contributed by atoms with Gasteiger partial charge in [0.1, 0.15) is 13.2 Å². The number of carbonyl (C=O) groups is 3. The second-order valence-electron chi connectivity index (χ2n) is 21.7. The molecule has 0 radical (unpaired) electrons. The minimum atomic E-state index is -0.778. The Balaban J connectivity index is 4.25. The maximum absolute atomic E-state index is 12.9. The van der Waals surface area contributed by atoms with E-state index < -0.39 is 6.10 Å². The summed E-state index contributed by atoms with van der Waals surface area (Å²) in [5, 5.41) is 0. The van der Waals surface area contributed by atoms with Gasteiger partial charge in [-0.1, -0.05) is 269 Å². The van der Waals surface area contributed by atoms with Crippen LogP contribution in [0.3, 0.4) is 0 Å². The van der Waals surface area contributed by atoms with Crippen molar-refractivity contribution in [3.05, 3.63) is 36.5 Å². The van der Waals surface area contributed by atoms with Gasteiger partial charge in [-0.3, -0.25) is 14.4 Å². The average Bonchev–Trinajstić information content (AvgIpc) is 3.38. The highest BCUT2D eigenvalue weighted by atomic mass is 16.6. The number of carbonyl (C=O) groups excluding carboxylic acids is 3. The zero-order chi connectivity index (χ0) is 52.2.